The van der Waals surface area contributed by atoms with Gasteiger partial charge in [-0.25, -0.2) is 9.18 Å². The number of carboxylic acids is 1. The van der Waals surface area contributed by atoms with Gasteiger partial charge in [0.1, 0.15) is 29.8 Å². The van der Waals surface area contributed by atoms with E-state index in [4.69, 9.17) is 26.7 Å². The molecule has 0 spiro atoms. The summed E-state index contributed by atoms with van der Waals surface area (Å²) in [6.07, 6.45) is 1.23. The van der Waals surface area contributed by atoms with Gasteiger partial charge < -0.3 is 9.84 Å². The Morgan fingerprint density at radius 3 is 2.74 bits per heavy atom. The molecule has 0 fully saturated rings. The molecule has 1 N–H and O–H groups in total. The second-order valence-electron chi connectivity index (χ2n) is 4.54. The van der Waals surface area contributed by atoms with Gasteiger partial charge in [-0.3, -0.25) is 0 Å². The van der Waals surface area contributed by atoms with E-state index in [2.05, 4.69) is 0 Å². The van der Waals surface area contributed by atoms with Gasteiger partial charge in [0.05, 0.1) is 5.02 Å². The summed E-state index contributed by atoms with van der Waals surface area (Å²) in [4.78, 5) is 10.8. The maximum absolute atomic E-state index is 13.7. The highest BCUT2D eigenvalue weighted by Crippen LogP contribution is 2.22. The van der Waals surface area contributed by atoms with Crippen LogP contribution in [0.5, 0.6) is 5.75 Å². The van der Waals surface area contributed by atoms with E-state index in [-0.39, 0.29) is 22.8 Å². The molecule has 0 unspecified atom stereocenters. The van der Waals surface area contributed by atoms with E-state index in [0.717, 1.165) is 0 Å². The van der Waals surface area contributed by atoms with Gasteiger partial charge in [-0.05, 0) is 35.9 Å². The van der Waals surface area contributed by atoms with Gasteiger partial charge in [-0.1, -0.05) is 29.8 Å². The molecule has 0 saturated carbocycles. The van der Waals surface area contributed by atoms with Crippen LogP contribution >= 0.6 is 11.6 Å². The van der Waals surface area contributed by atoms with Crippen molar-refractivity contribution in [3.8, 4) is 11.8 Å². The molecule has 0 atom stereocenters. The number of ether oxygens (including phenoxy) is 1. The average molecular weight is 332 g/mol. The highest BCUT2D eigenvalue weighted by atomic mass is 35.5. The first kappa shape index (κ1) is 16.5. The molecular formula is C17H11ClFNO3. The zero-order chi connectivity index (χ0) is 16.8. The number of hydrogen-bond donors (Lipinski definition) is 1. The van der Waals surface area contributed by atoms with Crippen LogP contribution in [0.25, 0.3) is 6.08 Å². The van der Waals surface area contributed by atoms with Gasteiger partial charge in [0.25, 0.3) is 0 Å². The Kier molecular flexibility index (Phi) is 5.34. The zero-order valence-electron chi connectivity index (χ0n) is 11.8. The number of nitriles is 1. The number of carbonyl (C=O) groups is 1. The molecule has 2 rings (SSSR count). The zero-order valence-corrected chi connectivity index (χ0v) is 12.5. The number of aliphatic carboxylic acids is 1. The Morgan fingerprint density at radius 1 is 1.35 bits per heavy atom. The average Bonchev–Trinajstić information content (AvgIpc) is 2.52. The lowest BCUT2D eigenvalue weighted by molar-refractivity contribution is -0.132. The van der Waals surface area contributed by atoms with Crippen molar-refractivity contribution < 1.29 is 19.0 Å². The summed E-state index contributed by atoms with van der Waals surface area (Å²) in [5, 5.41) is 17.9. The second kappa shape index (κ2) is 7.43. The standard InChI is InChI=1S/C17H11ClFNO3/c18-15-5-2-6-16(19)14(15)10-23-13-4-1-3-11(8-13)7-12(9-20)17(21)22/h1-8H,10H2,(H,21,22). The van der Waals surface area contributed by atoms with Crippen LogP contribution in [0.15, 0.2) is 48.0 Å². The molecule has 0 saturated heterocycles. The van der Waals surface area contributed by atoms with Crippen LogP contribution in [0.2, 0.25) is 5.02 Å². The third kappa shape index (κ3) is 4.31. The Balaban J connectivity index is 2.18. The van der Waals surface area contributed by atoms with Crippen LogP contribution in [-0.2, 0) is 11.4 Å². The van der Waals surface area contributed by atoms with Crippen molar-refractivity contribution in [1.82, 2.24) is 0 Å². The normalized spacial score (nSPS) is 10.9. The molecule has 0 heterocycles. The quantitative estimate of drug-likeness (QED) is 0.662. The van der Waals surface area contributed by atoms with Crippen molar-refractivity contribution in [2.45, 2.75) is 6.61 Å². The number of carboxylic acid groups (broad SMARTS) is 1. The molecule has 0 aliphatic carbocycles. The van der Waals surface area contributed by atoms with Gasteiger partial charge >= 0.3 is 5.97 Å². The van der Waals surface area contributed by atoms with Crippen LogP contribution in [0, 0.1) is 17.1 Å². The van der Waals surface area contributed by atoms with Gasteiger partial charge in [0.15, 0.2) is 0 Å². The molecule has 4 nitrogen and oxygen atoms in total. The fourth-order valence-corrected chi connectivity index (χ4v) is 2.05. The van der Waals surface area contributed by atoms with E-state index in [1.165, 1.54) is 18.2 Å². The Morgan fingerprint density at radius 2 is 2.09 bits per heavy atom. The number of benzene rings is 2. The molecule has 0 aromatic heterocycles. The topological polar surface area (TPSA) is 70.3 Å². The first-order chi connectivity index (χ1) is 11.0. The van der Waals surface area contributed by atoms with Gasteiger partial charge in [-0.15, -0.1) is 0 Å². The lowest BCUT2D eigenvalue weighted by Crippen LogP contribution is -2.00. The van der Waals surface area contributed by atoms with Crippen LogP contribution in [0.3, 0.4) is 0 Å². The minimum absolute atomic E-state index is 0.0668. The van der Waals surface area contributed by atoms with Crippen molar-refractivity contribution in [3.63, 3.8) is 0 Å². The predicted octanol–water partition coefficient (Wildman–Crippen LogP) is 4.05. The number of rotatable bonds is 5. The molecule has 0 aliphatic rings. The lowest BCUT2D eigenvalue weighted by atomic mass is 10.1. The van der Waals surface area contributed by atoms with Crippen molar-refractivity contribution >= 4 is 23.6 Å². The van der Waals surface area contributed by atoms with E-state index in [0.29, 0.717) is 11.3 Å². The van der Waals surface area contributed by atoms with Gasteiger partial charge in [0, 0.05) is 5.56 Å². The summed E-state index contributed by atoms with van der Waals surface area (Å²) < 4.78 is 19.1. The maximum Gasteiger partial charge on any atom is 0.346 e. The molecule has 23 heavy (non-hydrogen) atoms. The molecule has 2 aromatic rings. The summed E-state index contributed by atoms with van der Waals surface area (Å²) >= 11 is 5.92. The minimum Gasteiger partial charge on any atom is -0.489 e. The van der Waals surface area contributed by atoms with Crippen LogP contribution in [0.4, 0.5) is 4.39 Å². The molecular weight excluding hydrogens is 321 g/mol. The molecule has 0 radical (unpaired) electrons. The fraction of sp³-hybridized carbons (Fsp3) is 0.0588. The molecule has 6 heteroatoms. The van der Waals surface area contributed by atoms with E-state index in [1.54, 1.807) is 36.4 Å². The van der Waals surface area contributed by atoms with Crippen molar-refractivity contribution in [2.24, 2.45) is 0 Å². The number of halogens is 2. The summed E-state index contributed by atoms with van der Waals surface area (Å²) in [7, 11) is 0. The van der Waals surface area contributed by atoms with E-state index in [1.807, 2.05) is 0 Å². The summed E-state index contributed by atoms with van der Waals surface area (Å²) in [5.74, 6) is -1.37. The highest BCUT2D eigenvalue weighted by Gasteiger charge is 2.09. The molecule has 0 amide bonds. The third-order valence-corrected chi connectivity index (χ3v) is 3.32. The first-order valence-electron chi connectivity index (χ1n) is 6.52. The fourth-order valence-electron chi connectivity index (χ4n) is 1.83. The largest absolute Gasteiger partial charge is 0.489 e. The summed E-state index contributed by atoms with van der Waals surface area (Å²) in [6, 6.07) is 12.4. The maximum atomic E-state index is 13.7. The van der Waals surface area contributed by atoms with Crippen molar-refractivity contribution in [1.29, 1.82) is 5.26 Å². The molecule has 0 bridgehead atoms. The predicted molar refractivity (Wildman–Crippen MR) is 83.4 cm³/mol. The summed E-state index contributed by atoms with van der Waals surface area (Å²) in [6.45, 7) is -0.0668. The number of hydrogen-bond acceptors (Lipinski definition) is 3. The monoisotopic (exact) mass is 331 g/mol. The number of nitrogens with zero attached hydrogens (tertiary/aromatic N) is 1. The second-order valence-corrected chi connectivity index (χ2v) is 4.94. The lowest BCUT2D eigenvalue weighted by Gasteiger charge is -2.09. The van der Waals surface area contributed by atoms with Crippen molar-refractivity contribution in [3.05, 3.63) is 70.0 Å². The SMILES string of the molecule is N#CC(=Cc1cccc(OCc2c(F)cccc2Cl)c1)C(=O)O. The van der Waals surface area contributed by atoms with Gasteiger partial charge in [-0.2, -0.15) is 5.26 Å². The van der Waals surface area contributed by atoms with Crippen LogP contribution in [-0.4, -0.2) is 11.1 Å². The molecule has 0 aliphatic heterocycles. The van der Waals surface area contributed by atoms with E-state index in [9.17, 15) is 9.18 Å². The molecule has 2 aromatic carbocycles. The summed E-state index contributed by atoms with van der Waals surface area (Å²) in [5.41, 5.74) is 0.332. The Bertz CT molecular complexity index is 791. The Labute approximate surface area is 137 Å². The van der Waals surface area contributed by atoms with E-state index >= 15 is 0 Å². The van der Waals surface area contributed by atoms with Crippen LogP contribution in [0.1, 0.15) is 11.1 Å². The van der Waals surface area contributed by atoms with Gasteiger partial charge in [0.2, 0.25) is 0 Å². The highest BCUT2D eigenvalue weighted by molar-refractivity contribution is 6.31. The third-order valence-electron chi connectivity index (χ3n) is 2.96. The Hall–Kier alpha value is -2.84. The van der Waals surface area contributed by atoms with E-state index < -0.39 is 11.8 Å². The van der Waals surface area contributed by atoms with Crippen LogP contribution < -0.4 is 4.74 Å². The minimum atomic E-state index is -1.31. The smallest absolute Gasteiger partial charge is 0.346 e. The van der Waals surface area contributed by atoms with Crippen molar-refractivity contribution in [2.75, 3.05) is 0 Å². The molecule has 116 valence electrons. The first-order valence-corrected chi connectivity index (χ1v) is 6.90.